The van der Waals surface area contributed by atoms with Crippen molar-refractivity contribution in [2.24, 2.45) is 5.92 Å². The molecule has 124 valence electrons. The number of aromatic nitrogens is 1. The van der Waals surface area contributed by atoms with Crippen LogP contribution in [-0.4, -0.2) is 29.5 Å². The lowest BCUT2D eigenvalue weighted by molar-refractivity contribution is -0.126. The summed E-state index contributed by atoms with van der Waals surface area (Å²) >= 11 is 5.99. The molecule has 1 N–H and O–H groups in total. The number of piperidine rings is 1. The number of hydrogen-bond acceptors (Lipinski definition) is 4. The number of carbonyl (C=O) groups excluding carboxylic acids is 1. The fourth-order valence-corrected chi connectivity index (χ4v) is 3.03. The third kappa shape index (κ3) is 3.78. The minimum atomic E-state index is -0.215. The minimum Gasteiger partial charge on any atom is -0.423 e. The van der Waals surface area contributed by atoms with Crippen LogP contribution in [0.4, 0.5) is 6.01 Å². The van der Waals surface area contributed by atoms with Crippen LogP contribution in [-0.2, 0) is 4.79 Å². The van der Waals surface area contributed by atoms with E-state index in [1.807, 2.05) is 31.7 Å². The Morgan fingerprint density at radius 1 is 1.43 bits per heavy atom. The van der Waals surface area contributed by atoms with Gasteiger partial charge in [0.05, 0.1) is 5.92 Å². The molecule has 0 spiro atoms. The molecule has 0 aliphatic carbocycles. The van der Waals surface area contributed by atoms with Gasteiger partial charge in [0, 0.05) is 23.7 Å². The van der Waals surface area contributed by atoms with Gasteiger partial charge in [-0.1, -0.05) is 11.6 Å². The SMILES string of the molecule is CC(C)(C)NC(=O)C1CCCN(c2nc3cc(Cl)ccc3o2)C1. The molecule has 0 saturated carbocycles. The maximum atomic E-state index is 12.4. The molecule has 1 atom stereocenters. The van der Waals surface area contributed by atoms with E-state index in [4.69, 9.17) is 16.0 Å². The number of nitrogens with zero attached hydrogens (tertiary/aromatic N) is 2. The van der Waals surface area contributed by atoms with Crippen molar-refractivity contribution >= 4 is 34.6 Å². The molecule has 1 amide bonds. The number of rotatable bonds is 2. The summed E-state index contributed by atoms with van der Waals surface area (Å²) in [7, 11) is 0. The number of amides is 1. The van der Waals surface area contributed by atoms with Crippen LogP contribution in [0.15, 0.2) is 22.6 Å². The van der Waals surface area contributed by atoms with Crippen LogP contribution < -0.4 is 10.2 Å². The molecule has 0 bridgehead atoms. The highest BCUT2D eigenvalue weighted by Crippen LogP contribution is 2.28. The van der Waals surface area contributed by atoms with Crippen LogP contribution >= 0.6 is 11.6 Å². The largest absolute Gasteiger partial charge is 0.423 e. The second-order valence-corrected chi connectivity index (χ2v) is 7.57. The van der Waals surface area contributed by atoms with Crippen molar-refractivity contribution in [3.8, 4) is 0 Å². The van der Waals surface area contributed by atoms with Crippen LogP contribution in [0, 0.1) is 5.92 Å². The fraction of sp³-hybridized carbons (Fsp3) is 0.529. The van der Waals surface area contributed by atoms with Gasteiger partial charge in [-0.2, -0.15) is 4.98 Å². The Balaban J connectivity index is 1.75. The van der Waals surface area contributed by atoms with Gasteiger partial charge in [0.1, 0.15) is 5.52 Å². The normalized spacial score (nSPS) is 19.1. The van der Waals surface area contributed by atoms with Gasteiger partial charge in [-0.3, -0.25) is 4.79 Å². The molecule has 0 radical (unpaired) electrons. The van der Waals surface area contributed by atoms with Crippen molar-refractivity contribution in [1.29, 1.82) is 0 Å². The third-order valence-electron chi connectivity index (χ3n) is 3.90. The quantitative estimate of drug-likeness (QED) is 0.910. The second kappa shape index (κ2) is 6.04. The number of halogens is 1. The third-order valence-corrected chi connectivity index (χ3v) is 4.13. The number of hydrogen-bond donors (Lipinski definition) is 1. The number of oxazole rings is 1. The molecule has 1 saturated heterocycles. The Kier molecular flexibility index (Phi) is 4.23. The maximum absolute atomic E-state index is 12.4. The lowest BCUT2D eigenvalue weighted by Gasteiger charge is -2.32. The Morgan fingerprint density at radius 3 is 2.96 bits per heavy atom. The number of fused-ring (bicyclic) bond motifs is 1. The van der Waals surface area contributed by atoms with E-state index >= 15 is 0 Å². The topological polar surface area (TPSA) is 58.4 Å². The monoisotopic (exact) mass is 335 g/mol. The molecule has 23 heavy (non-hydrogen) atoms. The summed E-state index contributed by atoms with van der Waals surface area (Å²) in [5.74, 6) is 0.0583. The molecule has 2 heterocycles. The van der Waals surface area contributed by atoms with Crippen LogP contribution in [0.2, 0.25) is 5.02 Å². The summed E-state index contributed by atoms with van der Waals surface area (Å²) in [5.41, 5.74) is 1.24. The molecule has 1 aliphatic heterocycles. The summed E-state index contributed by atoms with van der Waals surface area (Å²) < 4.78 is 5.82. The van der Waals surface area contributed by atoms with Crippen LogP contribution in [0.5, 0.6) is 0 Å². The zero-order chi connectivity index (χ0) is 16.6. The molecule has 1 unspecified atom stereocenters. The highest BCUT2D eigenvalue weighted by Gasteiger charge is 2.30. The summed E-state index contributed by atoms with van der Waals surface area (Å²) in [4.78, 5) is 19.0. The molecular formula is C17H22ClN3O2. The number of benzene rings is 1. The van der Waals surface area contributed by atoms with E-state index in [0.717, 1.165) is 24.9 Å². The first-order valence-corrected chi connectivity index (χ1v) is 8.33. The van der Waals surface area contributed by atoms with Gasteiger partial charge in [-0.15, -0.1) is 0 Å². The number of carbonyl (C=O) groups is 1. The predicted octanol–water partition coefficient (Wildman–Crippen LogP) is 3.61. The highest BCUT2D eigenvalue weighted by molar-refractivity contribution is 6.31. The van der Waals surface area contributed by atoms with E-state index in [0.29, 0.717) is 23.2 Å². The van der Waals surface area contributed by atoms with Gasteiger partial charge in [-0.05, 0) is 51.8 Å². The molecule has 1 aromatic carbocycles. The Morgan fingerprint density at radius 2 is 2.22 bits per heavy atom. The summed E-state index contributed by atoms with van der Waals surface area (Å²) in [5, 5.41) is 3.70. The van der Waals surface area contributed by atoms with Crippen molar-refractivity contribution in [3.05, 3.63) is 23.2 Å². The van der Waals surface area contributed by atoms with E-state index in [2.05, 4.69) is 10.3 Å². The van der Waals surface area contributed by atoms with Gasteiger partial charge < -0.3 is 14.6 Å². The van der Waals surface area contributed by atoms with Crippen molar-refractivity contribution in [2.45, 2.75) is 39.2 Å². The van der Waals surface area contributed by atoms with Gasteiger partial charge in [0.25, 0.3) is 6.01 Å². The van der Waals surface area contributed by atoms with Gasteiger partial charge in [-0.25, -0.2) is 0 Å². The van der Waals surface area contributed by atoms with Gasteiger partial charge in [0.2, 0.25) is 5.91 Å². The van der Waals surface area contributed by atoms with Crippen molar-refractivity contribution < 1.29 is 9.21 Å². The van der Waals surface area contributed by atoms with Gasteiger partial charge >= 0.3 is 0 Å². The summed E-state index contributed by atoms with van der Waals surface area (Å²) in [6, 6.07) is 5.96. The van der Waals surface area contributed by atoms with Crippen molar-refractivity contribution in [1.82, 2.24) is 10.3 Å². The second-order valence-electron chi connectivity index (χ2n) is 7.13. The zero-order valence-corrected chi connectivity index (χ0v) is 14.5. The molecule has 2 aromatic rings. The van der Waals surface area contributed by atoms with Crippen LogP contribution in [0.1, 0.15) is 33.6 Å². The molecule has 1 aromatic heterocycles. The average molecular weight is 336 g/mol. The molecular weight excluding hydrogens is 314 g/mol. The smallest absolute Gasteiger partial charge is 0.298 e. The lowest BCUT2D eigenvalue weighted by Crippen LogP contribution is -2.48. The molecule has 1 fully saturated rings. The van der Waals surface area contributed by atoms with E-state index in [1.54, 1.807) is 12.1 Å². The first-order chi connectivity index (χ1) is 10.8. The van der Waals surface area contributed by atoms with E-state index < -0.39 is 0 Å². The minimum absolute atomic E-state index is 0.0402. The van der Waals surface area contributed by atoms with E-state index in [9.17, 15) is 4.79 Å². The first-order valence-electron chi connectivity index (χ1n) is 7.95. The van der Waals surface area contributed by atoms with Crippen LogP contribution in [0.3, 0.4) is 0 Å². The standard InChI is InChI=1S/C17H22ClN3O2/c1-17(2,3)20-15(22)11-5-4-8-21(10-11)16-19-13-9-12(18)6-7-14(13)23-16/h6-7,9,11H,4-5,8,10H2,1-3H3,(H,20,22). The highest BCUT2D eigenvalue weighted by atomic mass is 35.5. The number of anilines is 1. The Labute approximate surface area is 141 Å². The van der Waals surface area contributed by atoms with Gasteiger partial charge in [0.15, 0.2) is 5.58 Å². The van der Waals surface area contributed by atoms with Crippen molar-refractivity contribution in [3.63, 3.8) is 0 Å². The first kappa shape index (κ1) is 16.1. The maximum Gasteiger partial charge on any atom is 0.298 e. The summed E-state index contributed by atoms with van der Waals surface area (Å²) in [6.45, 7) is 7.46. The Bertz CT molecular complexity index is 720. The molecule has 6 heteroatoms. The zero-order valence-electron chi connectivity index (χ0n) is 13.7. The summed E-state index contributed by atoms with van der Waals surface area (Å²) in [6.07, 6.45) is 1.84. The Hall–Kier alpha value is -1.75. The van der Waals surface area contributed by atoms with E-state index in [1.165, 1.54) is 0 Å². The number of nitrogens with one attached hydrogen (secondary N) is 1. The average Bonchev–Trinajstić information content (AvgIpc) is 2.88. The van der Waals surface area contributed by atoms with Crippen LogP contribution in [0.25, 0.3) is 11.1 Å². The predicted molar refractivity (Wildman–Crippen MR) is 91.9 cm³/mol. The molecule has 3 rings (SSSR count). The lowest BCUT2D eigenvalue weighted by atomic mass is 9.96. The molecule has 5 nitrogen and oxygen atoms in total. The van der Waals surface area contributed by atoms with Crippen molar-refractivity contribution in [2.75, 3.05) is 18.0 Å². The van der Waals surface area contributed by atoms with E-state index in [-0.39, 0.29) is 17.4 Å². The molecule has 1 aliphatic rings. The fourth-order valence-electron chi connectivity index (χ4n) is 2.86.